The molecule has 164 valence electrons. The van der Waals surface area contributed by atoms with E-state index >= 15 is 0 Å². The van der Waals surface area contributed by atoms with E-state index in [9.17, 15) is 9.59 Å². The summed E-state index contributed by atoms with van der Waals surface area (Å²) in [6.45, 7) is 2.09. The molecular weight excluding hydrogens is 422 g/mol. The third-order valence-electron chi connectivity index (χ3n) is 5.75. The average Bonchev–Trinajstić information content (AvgIpc) is 3.11. The van der Waals surface area contributed by atoms with Crippen LogP contribution in [-0.2, 0) is 29.0 Å². The first-order valence-corrected chi connectivity index (χ1v) is 11.1. The number of carbonyl (C=O) groups is 2. The standard InChI is InChI=1S/C26H26ClN3O2/c1-18-13-24-8-4-6-19-5-3-7-20(14-19)15-21(16-25(31)17-30(24)28-18)26(32)29(2)23-11-9-22(27)10-12-23/h3-7,9-14,21H,8,15-17H2,1-2H3/t21-/m1/s1. The highest BCUT2D eigenvalue weighted by atomic mass is 35.5. The van der Waals surface area contributed by atoms with Crippen LogP contribution in [0.4, 0.5) is 5.69 Å². The number of fused-ring (bicyclic) bond motifs is 3. The van der Waals surface area contributed by atoms with Crippen molar-refractivity contribution in [3.05, 3.63) is 88.2 Å². The minimum Gasteiger partial charge on any atom is -0.315 e. The molecule has 0 spiro atoms. The molecule has 0 fully saturated rings. The van der Waals surface area contributed by atoms with E-state index in [0.717, 1.165) is 28.2 Å². The number of halogens is 1. The van der Waals surface area contributed by atoms with Crippen LogP contribution in [-0.4, -0.2) is 28.5 Å². The minimum absolute atomic E-state index is 0.00316. The number of allylic oxidation sites excluding steroid dienone is 1. The van der Waals surface area contributed by atoms with Gasteiger partial charge in [0.1, 0.15) is 0 Å². The van der Waals surface area contributed by atoms with Gasteiger partial charge in [0.15, 0.2) is 5.78 Å². The summed E-state index contributed by atoms with van der Waals surface area (Å²) in [5.74, 6) is -0.562. The van der Waals surface area contributed by atoms with E-state index in [2.05, 4.69) is 23.3 Å². The van der Waals surface area contributed by atoms with Crippen molar-refractivity contribution in [1.82, 2.24) is 9.78 Å². The second-order valence-corrected chi connectivity index (χ2v) is 8.74. The number of nitrogens with zero attached hydrogens (tertiary/aromatic N) is 3. The van der Waals surface area contributed by atoms with Gasteiger partial charge in [-0.3, -0.25) is 14.3 Å². The summed E-state index contributed by atoms with van der Waals surface area (Å²) in [4.78, 5) is 28.1. The van der Waals surface area contributed by atoms with Gasteiger partial charge in [0.25, 0.3) is 0 Å². The topological polar surface area (TPSA) is 55.2 Å². The van der Waals surface area contributed by atoms with E-state index in [-0.39, 0.29) is 24.7 Å². The number of rotatable bonds is 2. The molecule has 0 saturated carbocycles. The highest BCUT2D eigenvalue weighted by molar-refractivity contribution is 6.30. The Bertz CT molecular complexity index is 1160. The molecule has 0 aliphatic carbocycles. The first-order chi connectivity index (χ1) is 15.4. The van der Waals surface area contributed by atoms with E-state index in [1.165, 1.54) is 0 Å². The normalized spacial score (nSPS) is 16.5. The van der Waals surface area contributed by atoms with Crippen molar-refractivity contribution in [2.75, 3.05) is 11.9 Å². The van der Waals surface area contributed by atoms with Gasteiger partial charge in [0, 0.05) is 42.2 Å². The summed E-state index contributed by atoms with van der Waals surface area (Å²) in [5, 5.41) is 5.11. The molecule has 2 aromatic carbocycles. The Balaban J connectivity index is 1.67. The van der Waals surface area contributed by atoms with Crippen molar-refractivity contribution in [2.45, 2.75) is 32.7 Å². The predicted octanol–water partition coefficient (Wildman–Crippen LogP) is 4.90. The summed E-state index contributed by atoms with van der Waals surface area (Å²) >= 11 is 6.00. The number of amides is 1. The van der Waals surface area contributed by atoms with Crippen molar-refractivity contribution in [1.29, 1.82) is 0 Å². The maximum atomic E-state index is 13.5. The molecule has 32 heavy (non-hydrogen) atoms. The van der Waals surface area contributed by atoms with Gasteiger partial charge in [-0.2, -0.15) is 5.10 Å². The second kappa shape index (κ2) is 9.53. The molecule has 6 heteroatoms. The summed E-state index contributed by atoms with van der Waals surface area (Å²) < 4.78 is 1.76. The Morgan fingerprint density at radius 3 is 2.69 bits per heavy atom. The van der Waals surface area contributed by atoms with Crippen LogP contribution in [0.25, 0.3) is 6.08 Å². The fraction of sp³-hybridized carbons (Fsp3) is 0.269. The molecular formula is C26H26ClN3O2. The smallest absolute Gasteiger partial charge is 0.230 e. The molecule has 0 unspecified atom stereocenters. The molecule has 1 aliphatic heterocycles. The molecule has 2 heterocycles. The maximum Gasteiger partial charge on any atom is 0.230 e. The third-order valence-corrected chi connectivity index (χ3v) is 6.00. The zero-order chi connectivity index (χ0) is 22.7. The number of Topliss-reactive ketones (excluding diaryl/α,β-unsaturated/α-hetero) is 1. The lowest BCUT2D eigenvalue weighted by molar-refractivity contribution is -0.127. The van der Waals surface area contributed by atoms with Crippen molar-refractivity contribution in [3.8, 4) is 0 Å². The van der Waals surface area contributed by atoms with Crippen LogP contribution in [0.1, 0.15) is 28.9 Å². The monoisotopic (exact) mass is 447 g/mol. The van der Waals surface area contributed by atoms with Crippen LogP contribution in [0.2, 0.25) is 5.02 Å². The SMILES string of the molecule is Cc1cc2n(n1)CC(=O)C[C@H](C(=O)N(C)c1ccc(Cl)cc1)Cc1cccc(c1)C=CC2. The Kier molecular flexibility index (Phi) is 6.56. The number of hydrogen-bond donors (Lipinski definition) is 0. The minimum atomic E-state index is -0.469. The molecule has 0 radical (unpaired) electrons. The largest absolute Gasteiger partial charge is 0.315 e. The Morgan fingerprint density at radius 1 is 1.12 bits per heavy atom. The van der Waals surface area contributed by atoms with Gasteiger partial charge in [-0.05, 0) is 54.8 Å². The molecule has 3 aromatic rings. The Hall–Kier alpha value is -3.18. The average molecular weight is 448 g/mol. The van der Waals surface area contributed by atoms with Gasteiger partial charge < -0.3 is 4.90 Å². The van der Waals surface area contributed by atoms with Crippen molar-refractivity contribution < 1.29 is 9.59 Å². The van der Waals surface area contributed by atoms with Crippen LogP contribution in [0.15, 0.2) is 60.7 Å². The lowest BCUT2D eigenvalue weighted by atomic mass is 9.92. The molecule has 1 amide bonds. The molecule has 2 bridgehead atoms. The number of carbonyl (C=O) groups excluding carboxylic acids is 2. The quantitative estimate of drug-likeness (QED) is 0.561. The van der Waals surface area contributed by atoms with Crippen molar-refractivity contribution in [2.24, 2.45) is 5.92 Å². The number of aromatic nitrogens is 2. The molecule has 1 atom stereocenters. The van der Waals surface area contributed by atoms with E-state index in [4.69, 9.17) is 11.6 Å². The van der Waals surface area contributed by atoms with E-state index < -0.39 is 5.92 Å². The van der Waals surface area contributed by atoms with E-state index in [1.807, 2.05) is 43.3 Å². The van der Waals surface area contributed by atoms with Gasteiger partial charge in [-0.25, -0.2) is 0 Å². The van der Waals surface area contributed by atoms with Crippen molar-refractivity contribution >= 4 is 35.1 Å². The first kappa shape index (κ1) is 22.0. The second-order valence-electron chi connectivity index (χ2n) is 8.30. The predicted molar refractivity (Wildman–Crippen MR) is 128 cm³/mol. The van der Waals surface area contributed by atoms with Crippen LogP contribution >= 0.6 is 11.6 Å². The van der Waals surface area contributed by atoms with Crippen LogP contribution in [0, 0.1) is 12.8 Å². The summed E-state index contributed by atoms with van der Waals surface area (Å²) in [6, 6.07) is 17.3. The van der Waals surface area contributed by atoms with E-state index in [0.29, 0.717) is 17.9 Å². The van der Waals surface area contributed by atoms with Gasteiger partial charge in [0.2, 0.25) is 5.91 Å². The number of hydrogen-bond acceptors (Lipinski definition) is 3. The molecule has 0 N–H and O–H groups in total. The highest BCUT2D eigenvalue weighted by Gasteiger charge is 2.27. The lowest BCUT2D eigenvalue weighted by Gasteiger charge is -2.24. The molecule has 1 aromatic heterocycles. The fourth-order valence-electron chi connectivity index (χ4n) is 4.14. The van der Waals surface area contributed by atoms with Crippen LogP contribution < -0.4 is 4.90 Å². The number of aryl methyl sites for hydroxylation is 1. The lowest BCUT2D eigenvalue weighted by Crippen LogP contribution is -2.35. The van der Waals surface area contributed by atoms with Gasteiger partial charge >= 0.3 is 0 Å². The third kappa shape index (κ3) is 5.17. The highest BCUT2D eigenvalue weighted by Crippen LogP contribution is 2.23. The molecule has 1 aliphatic rings. The van der Waals surface area contributed by atoms with Gasteiger partial charge in [-0.15, -0.1) is 0 Å². The maximum absolute atomic E-state index is 13.5. The summed E-state index contributed by atoms with van der Waals surface area (Å²) in [6.07, 6.45) is 5.51. The number of ketones is 1. The van der Waals surface area contributed by atoms with Crippen LogP contribution in [0.3, 0.4) is 0 Å². The van der Waals surface area contributed by atoms with Crippen molar-refractivity contribution in [3.63, 3.8) is 0 Å². The van der Waals surface area contributed by atoms with Gasteiger partial charge in [0.05, 0.1) is 12.2 Å². The molecule has 5 nitrogen and oxygen atoms in total. The summed E-state index contributed by atoms with van der Waals surface area (Å²) in [5.41, 5.74) is 4.73. The zero-order valence-electron chi connectivity index (χ0n) is 18.3. The summed E-state index contributed by atoms with van der Waals surface area (Å²) in [7, 11) is 1.74. The van der Waals surface area contributed by atoms with Crippen LogP contribution in [0.5, 0.6) is 0 Å². The zero-order valence-corrected chi connectivity index (χ0v) is 19.0. The first-order valence-electron chi connectivity index (χ1n) is 10.7. The number of benzene rings is 2. The van der Waals surface area contributed by atoms with Gasteiger partial charge in [-0.1, -0.05) is 48.0 Å². The Morgan fingerprint density at radius 2 is 1.91 bits per heavy atom. The molecule has 0 saturated heterocycles. The molecule has 4 rings (SSSR count). The number of anilines is 1. The van der Waals surface area contributed by atoms with E-state index in [1.54, 1.807) is 28.8 Å². The Labute approximate surface area is 193 Å². The fourth-order valence-corrected chi connectivity index (χ4v) is 4.27.